The summed E-state index contributed by atoms with van der Waals surface area (Å²) in [5.41, 5.74) is 6.56. The predicted octanol–water partition coefficient (Wildman–Crippen LogP) is 1.92. The molecule has 1 heterocycles. The number of hydrogen-bond donors (Lipinski definition) is 1. The molecule has 1 atom stereocenters. The summed E-state index contributed by atoms with van der Waals surface area (Å²) in [6, 6.07) is 5.38. The van der Waals surface area contributed by atoms with Crippen LogP contribution < -0.4 is 10.5 Å². The number of carbonyl (C=O) groups excluding carboxylic acids is 1. The van der Waals surface area contributed by atoms with E-state index >= 15 is 0 Å². The van der Waals surface area contributed by atoms with Gasteiger partial charge in [-0.25, -0.2) is 0 Å². The zero-order valence-electron chi connectivity index (χ0n) is 10.8. The first-order valence-corrected chi connectivity index (χ1v) is 6.54. The molecular weight excluding hydrogens is 264 g/mol. The van der Waals surface area contributed by atoms with Gasteiger partial charge >= 0.3 is 0 Å². The predicted molar refractivity (Wildman–Crippen MR) is 76.2 cm³/mol. The van der Waals surface area contributed by atoms with Crippen LogP contribution in [-0.2, 0) is 4.79 Å². The zero-order valence-corrected chi connectivity index (χ0v) is 11.6. The van der Waals surface area contributed by atoms with E-state index < -0.39 is 0 Å². The van der Waals surface area contributed by atoms with E-state index in [0.717, 1.165) is 18.5 Å². The van der Waals surface area contributed by atoms with Gasteiger partial charge in [-0.2, -0.15) is 0 Å². The molecule has 4 nitrogen and oxygen atoms in total. The average Bonchev–Trinajstić information content (AvgIpc) is 2.83. The number of nitrogens with two attached hydrogens (primary N) is 1. The van der Waals surface area contributed by atoms with Gasteiger partial charge < -0.3 is 15.4 Å². The van der Waals surface area contributed by atoms with Crippen LogP contribution in [0.25, 0.3) is 6.08 Å². The van der Waals surface area contributed by atoms with Gasteiger partial charge in [0.1, 0.15) is 5.75 Å². The third-order valence-electron chi connectivity index (χ3n) is 3.13. The van der Waals surface area contributed by atoms with Crippen molar-refractivity contribution in [1.82, 2.24) is 4.90 Å². The number of amides is 1. The van der Waals surface area contributed by atoms with Gasteiger partial charge in [-0.05, 0) is 30.7 Å². The molecular formula is C14H17ClN2O2. The lowest BCUT2D eigenvalue weighted by atomic mass is 10.2. The lowest BCUT2D eigenvalue weighted by Gasteiger charge is -2.12. The smallest absolute Gasteiger partial charge is 0.246 e. The van der Waals surface area contributed by atoms with Crippen LogP contribution in [0.3, 0.4) is 0 Å². The monoisotopic (exact) mass is 280 g/mol. The van der Waals surface area contributed by atoms with Crippen LogP contribution in [-0.4, -0.2) is 37.0 Å². The molecule has 1 saturated heterocycles. The van der Waals surface area contributed by atoms with Crippen LogP contribution in [0.2, 0.25) is 5.02 Å². The molecule has 2 N–H and O–H groups in total. The molecule has 0 spiro atoms. The van der Waals surface area contributed by atoms with E-state index in [4.69, 9.17) is 22.1 Å². The molecule has 19 heavy (non-hydrogen) atoms. The third kappa shape index (κ3) is 3.49. The van der Waals surface area contributed by atoms with Crippen molar-refractivity contribution in [2.75, 3.05) is 20.2 Å². The van der Waals surface area contributed by atoms with Gasteiger partial charge in [-0.3, -0.25) is 4.79 Å². The second-order valence-electron chi connectivity index (χ2n) is 4.55. The van der Waals surface area contributed by atoms with Gasteiger partial charge in [0.2, 0.25) is 5.91 Å². The maximum Gasteiger partial charge on any atom is 0.246 e. The summed E-state index contributed by atoms with van der Waals surface area (Å²) in [6.07, 6.45) is 4.11. The highest BCUT2D eigenvalue weighted by atomic mass is 35.5. The molecule has 5 heteroatoms. The van der Waals surface area contributed by atoms with Gasteiger partial charge in [0, 0.05) is 35.8 Å². The van der Waals surface area contributed by atoms with Crippen molar-refractivity contribution in [3.05, 3.63) is 34.9 Å². The van der Waals surface area contributed by atoms with E-state index in [0.29, 0.717) is 17.3 Å². The summed E-state index contributed by atoms with van der Waals surface area (Å²) < 4.78 is 5.22. The summed E-state index contributed by atoms with van der Waals surface area (Å²) in [5.74, 6) is 0.654. The number of rotatable bonds is 3. The van der Waals surface area contributed by atoms with Crippen LogP contribution in [0.1, 0.15) is 12.0 Å². The van der Waals surface area contributed by atoms with Crippen LogP contribution in [0.15, 0.2) is 24.3 Å². The number of carbonyl (C=O) groups is 1. The number of methoxy groups -OCH3 is 1. The highest BCUT2D eigenvalue weighted by molar-refractivity contribution is 6.30. The Bertz CT molecular complexity index is 502. The van der Waals surface area contributed by atoms with Crippen molar-refractivity contribution < 1.29 is 9.53 Å². The Morgan fingerprint density at radius 2 is 2.37 bits per heavy atom. The van der Waals surface area contributed by atoms with E-state index in [-0.39, 0.29) is 11.9 Å². The number of likely N-dealkylation sites (tertiary alicyclic amines) is 1. The topological polar surface area (TPSA) is 55.6 Å². The normalized spacial score (nSPS) is 19.1. The van der Waals surface area contributed by atoms with E-state index in [1.165, 1.54) is 6.08 Å². The Morgan fingerprint density at radius 3 is 3.00 bits per heavy atom. The molecule has 1 unspecified atom stereocenters. The van der Waals surface area contributed by atoms with Gasteiger partial charge in [0.15, 0.2) is 0 Å². The maximum absolute atomic E-state index is 12.0. The fourth-order valence-electron chi connectivity index (χ4n) is 2.09. The zero-order chi connectivity index (χ0) is 13.8. The molecule has 1 aliphatic heterocycles. The second-order valence-corrected chi connectivity index (χ2v) is 4.99. The Kier molecular flexibility index (Phi) is 4.45. The number of ether oxygens (including phenoxy) is 1. The highest BCUT2D eigenvalue weighted by Crippen LogP contribution is 2.24. The van der Waals surface area contributed by atoms with Crippen molar-refractivity contribution >= 4 is 23.6 Å². The minimum Gasteiger partial charge on any atom is -0.496 e. The quantitative estimate of drug-likeness (QED) is 0.861. The first-order valence-electron chi connectivity index (χ1n) is 6.16. The molecule has 1 aromatic rings. The van der Waals surface area contributed by atoms with Crippen molar-refractivity contribution in [2.45, 2.75) is 12.5 Å². The lowest BCUT2D eigenvalue weighted by molar-refractivity contribution is -0.124. The summed E-state index contributed by atoms with van der Waals surface area (Å²) in [5, 5.41) is 0.607. The molecule has 1 aromatic carbocycles. The summed E-state index contributed by atoms with van der Waals surface area (Å²) >= 11 is 5.93. The molecule has 0 aromatic heterocycles. The molecule has 0 saturated carbocycles. The number of nitrogens with zero attached hydrogens (tertiary/aromatic N) is 1. The van der Waals surface area contributed by atoms with Gasteiger partial charge in [0.05, 0.1) is 7.11 Å². The molecule has 1 fully saturated rings. The standard InChI is InChI=1S/C14H17ClN2O2/c1-19-13-4-3-11(15)8-10(13)2-5-14(18)17-7-6-12(16)9-17/h2-5,8,12H,6-7,9,16H2,1H3/b5-2+. The Labute approximate surface area is 117 Å². The molecule has 0 bridgehead atoms. The molecule has 1 aliphatic rings. The Hall–Kier alpha value is -1.52. The number of hydrogen-bond acceptors (Lipinski definition) is 3. The van der Waals surface area contributed by atoms with Crippen LogP contribution >= 0.6 is 11.6 Å². The average molecular weight is 281 g/mol. The van der Waals surface area contributed by atoms with Gasteiger partial charge in [-0.1, -0.05) is 11.6 Å². The van der Waals surface area contributed by atoms with E-state index in [1.807, 2.05) is 0 Å². The largest absolute Gasteiger partial charge is 0.496 e. The molecule has 0 aliphatic carbocycles. The van der Waals surface area contributed by atoms with Gasteiger partial charge in [-0.15, -0.1) is 0 Å². The Balaban J connectivity index is 2.09. The minimum absolute atomic E-state index is 0.0324. The van der Waals surface area contributed by atoms with Crippen molar-refractivity contribution in [1.29, 1.82) is 0 Å². The Morgan fingerprint density at radius 1 is 1.58 bits per heavy atom. The SMILES string of the molecule is COc1ccc(Cl)cc1/C=C/C(=O)N1CCC(N)C1. The fraction of sp³-hybridized carbons (Fsp3) is 0.357. The molecule has 1 amide bonds. The lowest BCUT2D eigenvalue weighted by Crippen LogP contribution is -2.30. The molecule has 2 rings (SSSR count). The summed E-state index contributed by atoms with van der Waals surface area (Å²) in [6.45, 7) is 1.34. The first-order chi connectivity index (χ1) is 9.10. The fourth-order valence-corrected chi connectivity index (χ4v) is 2.27. The number of benzene rings is 1. The molecule has 102 valence electrons. The minimum atomic E-state index is -0.0324. The third-order valence-corrected chi connectivity index (χ3v) is 3.37. The number of halogens is 1. The van der Waals surface area contributed by atoms with Crippen LogP contribution in [0.5, 0.6) is 5.75 Å². The summed E-state index contributed by atoms with van der Waals surface area (Å²) in [4.78, 5) is 13.7. The highest BCUT2D eigenvalue weighted by Gasteiger charge is 2.21. The van der Waals surface area contributed by atoms with E-state index in [1.54, 1.807) is 36.3 Å². The summed E-state index contributed by atoms with van der Waals surface area (Å²) in [7, 11) is 1.59. The first kappa shape index (κ1) is 13.9. The van der Waals surface area contributed by atoms with E-state index in [2.05, 4.69) is 0 Å². The van der Waals surface area contributed by atoms with Crippen molar-refractivity contribution in [3.63, 3.8) is 0 Å². The second kappa shape index (κ2) is 6.08. The van der Waals surface area contributed by atoms with Gasteiger partial charge in [0.25, 0.3) is 0 Å². The van der Waals surface area contributed by atoms with Crippen molar-refractivity contribution in [2.24, 2.45) is 5.73 Å². The van der Waals surface area contributed by atoms with E-state index in [9.17, 15) is 4.79 Å². The van der Waals surface area contributed by atoms with Crippen LogP contribution in [0, 0.1) is 0 Å². The maximum atomic E-state index is 12.0. The van der Waals surface area contributed by atoms with Crippen LogP contribution in [0.4, 0.5) is 0 Å². The van der Waals surface area contributed by atoms with Crippen molar-refractivity contribution in [3.8, 4) is 5.75 Å². The molecule has 0 radical (unpaired) electrons.